The largest absolute Gasteiger partial charge is 0.472 e. The average Bonchev–Trinajstić information content (AvgIpc) is 2.86. The summed E-state index contributed by atoms with van der Waals surface area (Å²) in [7, 11) is 2.15. The second-order valence-corrected chi connectivity index (χ2v) is 10.4. The highest BCUT2D eigenvalue weighted by atomic mass is 19.1. The van der Waals surface area contributed by atoms with E-state index in [1.165, 1.54) is 44.2 Å². The number of benzene rings is 1. The van der Waals surface area contributed by atoms with E-state index in [0.29, 0.717) is 18.0 Å². The summed E-state index contributed by atoms with van der Waals surface area (Å²) in [6.45, 7) is 6.12. The van der Waals surface area contributed by atoms with E-state index < -0.39 is 0 Å². The number of pyridine rings is 1. The van der Waals surface area contributed by atoms with Gasteiger partial charge in [-0.25, -0.2) is 9.37 Å². The first-order valence-electron chi connectivity index (χ1n) is 12.9. The van der Waals surface area contributed by atoms with Crippen LogP contribution in [-0.4, -0.2) is 71.2 Å². The molecule has 0 bridgehead atoms. The van der Waals surface area contributed by atoms with Crippen molar-refractivity contribution in [3.05, 3.63) is 47.9 Å². The van der Waals surface area contributed by atoms with Crippen LogP contribution in [0.2, 0.25) is 0 Å². The minimum Gasteiger partial charge on any atom is -0.472 e. The van der Waals surface area contributed by atoms with E-state index in [4.69, 9.17) is 4.74 Å². The van der Waals surface area contributed by atoms with Crippen molar-refractivity contribution in [3.8, 4) is 17.0 Å². The topological polar surface area (TPSA) is 65.9 Å². The van der Waals surface area contributed by atoms with Crippen molar-refractivity contribution in [2.45, 2.75) is 58.1 Å². The van der Waals surface area contributed by atoms with Gasteiger partial charge in [0.15, 0.2) is 0 Å². The number of ether oxygens (including phenoxy) is 1. The summed E-state index contributed by atoms with van der Waals surface area (Å²) in [6.07, 6.45) is 8.09. The molecule has 1 aromatic heterocycles. The minimum atomic E-state index is -0.328. The Bertz CT molecular complexity index is 993. The standard InChI is InChI=1S/C28H38FN3O3/c1-19-15-32(20(2)18-33)28(34)25-13-23(22-9-11-24(29)12-10-22)14-30-27(25)35-26(19)17-31(3)16-21-7-5-4-6-8-21/h9-14,19-21,26,33H,4-8,15-18H2,1-3H3/t19-,20-,26+/m0/s1. The van der Waals surface area contributed by atoms with Gasteiger partial charge in [-0.2, -0.15) is 0 Å². The van der Waals surface area contributed by atoms with E-state index in [1.54, 1.807) is 29.3 Å². The van der Waals surface area contributed by atoms with Crippen molar-refractivity contribution in [2.24, 2.45) is 11.8 Å². The summed E-state index contributed by atoms with van der Waals surface area (Å²) < 4.78 is 19.9. The van der Waals surface area contributed by atoms with Gasteiger partial charge in [0.25, 0.3) is 5.91 Å². The number of nitrogens with zero attached hydrogens (tertiary/aromatic N) is 3. The van der Waals surface area contributed by atoms with Crippen LogP contribution in [0.15, 0.2) is 36.5 Å². The number of carbonyl (C=O) groups excluding carboxylic acids is 1. The zero-order valence-electron chi connectivity index (χ0n) is 21.1. The van der Waals surface area contributed by atoms with E-state index in [9.17, 15) is 14.3 Å². The van der Waals surface area contributed by atoms with Gasteiger partial charge in [-0.05, 0) is 56.5 Å². The van der Waals surface area contributed by atoms with E-state index in [2.05, 4.69) is 23.9 Å². The van der Waals surface area contributed by atoms with Crippen LogP contribution in [0, 0.1) is 17.7 Å². The lowest BCUT2D eigenvalue weighted by Crippen LogP contribution is -2.50. The summed E-state index contributed by atoms with van der Waals surface area (Å²) in [6, 6.07) is 7.58. The molecule has 0 spiro atoms. The van der Waals surface area contributed by atoms with Gasteiger partial charge in [-0.1, -0.05) is 38.3 Å². The predicted molar refractivity (Wildman–Crippen MR) is 135 cm³/mol. The lowest BCUT2D eigenvalue weighted by atomic mass is 9.89. The van der Waals surface area contributed by atoms with E-state index in [0.717, 1.165) is 30.1 Å². The summed E-state index contributed by atoms with van der Waals surface area (Å²) >= 11 is 0. The maximum absolute atomic E-state index is 13.6. The summed E-state index contributed by atoms with van der Waals surface area (Å²) in [5.41, 5.74) is 1.87. The first kappa shape index (κ1) is 25.6. The molecule has 2 heterocycles. The number of amides is 1. The molecule has 190 valence electrons. The highest BCUT2D eigenvalue weighted by molar-refractivity contribution is 5.98. The van der Waals surface area contributed by atoms with Crippen LogP contribution in [0.3, 0.4) is 0 Å². The zero-order valence-corrected chi connectivity index (χ0v) is 21.1. The lowest BCUT2D eigenvalue weighted by Gasteiger charge is -2.38. The fraction of sp³-hybridized carbons (Fsp3) is 0.571. The molecule has 0 radical (unpaired) electrons. The Labute approximate surface area is 208 Å². The SMILES string of the molecule is C[C@H]1CN([C@@H](C)CO)C(=O)c2cc(-c3ccc(F)cc3)cnc2O[C@@H]1CN(C)CC1CCCCC1. The number of halogens is 1. The maximum atomic E-state index is 13.6. The molecule has 6 nitrogen and oxygen atoms in total. The molecule has 0 saturated heterocycles. The summed E-state index contributed by atoms with van der Waals surface area (Å²) in [4.78, 5) is 22.2. The Kier molecular flexibility index (Phi) is 8.39. The third kappa shape index (κ3) is 6.19. The van der Waals surface area contributed by atoms with E-state index >= 15 is 0 Å². The van der Waals surface area contributed by atoms with Crippen molar-refractivity contribution < 1.29 is 19.0 Å². The monoisotopic (exact) mass is 483 g/mol. The number of aliphatic hydroxyl groups is 1. The quantitative estimate of drug-likeness (QED) is 0.623. The van der Waals surface area contributed by atoms with Crippen LogP contribution in [-0.2, 0) is 0 Å². The molecule has 1 amide bonds. The normalized spacial score (nSPS) is 22.3. The molecular weight excluding hydrogens is 445 g/mol. The number of rotatable bonds is 7. The molecule has 1 aromatic carbocycles. The van der Waals surface area contributed by atoms with Crippen molar-refractivity contribution >= 4 is 5.91 Å². The van der Waals surface area contributed by atoms with Gasteiger partial charge in [0.05, 0.1) is 12.6 Å². The smallest absolute Gasteiger partial charge is 0.259 e. The zero-order chi connectivity index (χ0) is 24.9. The molecule has 1 aliphatic heterocycles. The van der Waals surface area contributed by atoms with Crippen LogP contribution < -0.4 is 4.74 Å². The summed E-state index contributed by atoms with van der Waals surface area (Å²) in [5.74, 6) is 0.587. The molecule has 2 aromatic rings. The van der Waals surface area contributed by atoms with E-state index in [1.807, 2.05) is 6.92 Å². The van der Waals surface area contributed by atoms with Gasteiger partial charge in [0, 0.05) is 37.3 Å². The van der Waals surface area contributed by atoms with Crippen LogP contribution in [0.1, 0.15) is 56.3 Å². The average molecular weight is 484 g/mol. The Balaban J connectivity index is 1.62. The van der Waals surface area contributed by atoms with Crippen LogP contribution >= 0.6 is 0 Å². The second kappa shape index (κ2) is 11.5. The molecule has 2 aliphatic rings. The minimum absolute atomic E-state index is 0.0634. The van der Waals surface area contributed by atoms with Crippen molar-refractivity contribution in [1.82, 2.24) is 14.8 Å². The number of likely N-dealkylation sites (N-methyl/N-ethyl adjacent to an activating group) is 1. The lowest BCUT2D eigenvalue weighted by molar-refractivity contribution is 0.0314. The number of hydrogen-bond donors (Lipinski definition) is 1. The van der Waals surface area contributed by atoms with Gasteiger partial charge >= 0.3 is 0 Å². The molecule has 7 heteroatoms. The number of hydrogen-bond acceptors (Lipinski definition) is 5. The highest BCUT2D eigenvalue weighted by Gasteiger charge is 2.34. The molecule has 1 fully saturated rings. The third-order valence-corrected chi connectivity index (χ3v) is 7.48. The number of fused-ring (bicyclic) bond motifs is 1. The molecule has 1 aliphatic carbocycles. The molecule has 3 atom stereocenters. The van der Waals surface area contributed by atoms with Gasteiger partial charge in [0.2, 0.25) is 5.88 Å². The van der Waals surface area contributed by atoms with Crippen molar-refractivity contribution in [1.29, 1.82) is 0 Å². The van der Waals surface area contributed by atoms with Crippen LogP contribution in [0.4, 0.5) is 4.39 Å². The van der Waals surface area contributed by atoms with E-state index in [-0.39, 0.29) is 36.4 Å². The van der Waals surface area contributed by atoms with Gasteiger partial charge in [-0.15, -0.1) is 0 Å². The van der Waals surface area contributed by atoms with Crippen molar-refractivity contribution in [3.63, 3.8) is 0 Å². The molecular formula is C28H38FN3O3. The van der Waals surface area contributed by atoms with Crippen LogP contribution in [0.5, 0.6) is 5.88 Å². The molecule has 1 N–H and O–H groups in total. The predicted octanol–water partition coefficient (Wildman–Crippen LogP) is 4.62. The Hall–Kier alpha value is -2.51. The number of aromatic nitrogens is 1. The fourth-order valence-corrected chi connectivity index (χ4v) is 5.31. The molecule has 4 rings (SSSR count). The molecule has 35 heavy (non-hydrogen) atoms. The van der Waals surface area contributed by atoms with Gasteiger partial charge < -0.3 is 19.6 Å². The molecule has 0 unspecified atom stereocenters. The van der Waals surface area contributed by atoms with Gasteiger partial charge in [-0.3, -0.25) is 4.79 Å². The number of aliphatic hydroxyl groups excluding tert-OH is 1. The Morgan fingerprint density at radius 2 is 1.89 bits per heavy atom. The first-order chi connectivity index (χ1) is 16.9. The maximum Gasteiger partial charge on any atom is 0.259 e. The van der Waals surface area contributed by atoms with Crippen molar-refractivity contribution in [2.75, 3.05) is 33.3 Å². The highest BCUT2D eigenvalue weighted by Crippen LogP contribution is 2.31. The summed E-state index contributed by atoms with van der Waals surface area (Å²) in [5, 5.41) is 9.87. The molecule has 1 saturated carbocycles. The second-order valence-electron chi connectivity index (χ2n) is 10.4. The Morgan fingerprint density at radius 3 is 2.57 bits per heavy atom. The third-order valence-electron chi connectivity index (χ3n) is 7.48. The van der Waals surface area contributed by atoms with Crippen LogP contribution in [0.25, 0.3) is 11.1 Å². The van der Waals surface area contributed by atoms with Gasteiger partial charge in [0.1, 0.15) is 17.5 Å². The fourth-order valence-electron chi connectivity index (χ4n) is 5.31. The Morgan fingerprint density at radius 1 is 1.17 bits per heavy atom. The number of carbonyl (C=O) groups is 1. The first-order valence-corrected chi connectivity index (χ1v) is 12.9.